The standard InChI is InChI=1S/C11H7ClN4OS2/c1-6-13-4-7(19-6)2-3-8-9(12)10(17)16-11(15-8)18-5-14-16/h2-5H,1H3. The van der Waals surface area contributed by atoms with Crippen LogP contribution in [0.25, 0.3) is 17.1 Å². The minimum atomic E-state index is -0.354. The van der Waals surface area contributed by atoms with Gasteiger partial charge in [-0.05, 0) is 19.1 Å². The van der Waals surface area contributed by atoms with Gasteiger partial charge in [0.1, 0.15) is 10.5 Å². The van der Waals surface area contributed by atoms with Gasteiger partial charge in [0.15, 0.2) is 0 Å². The average molecular weight is 311 g/mol. The van der Waals surface area contributed by atoms with Crippen LogP contribution in [0.1, 0.15) is 15.6 Å². The molecule has 0 atom stereocenters. The molecule has 0 spiro atoms. The molecule has 0 aliphatic rings. The average Bonchev–Trinajstić information content (AvgIpc) is 3.01. The van der Waals surface area contributed by atoms with E-state index in [1.54, 1.807) is 29.1 Å². The van der Waals surface area contributed by atoms with Gasteiger partial charge in [-0.15, -0.1) is 11.3 Å². The molecule has 0 saturated heterocycles. The molecule has 96 valence electrons. The molecule has 0 saturated carbocycles. The molecule has 0 bridgehead atoms. The summed E-state index contributed by atoms with van der Waals surface area (Å²) in [7, 11) is 0. The number of nitrogens with zero attached hydrogens (tertiary/aromatic N) is 4. The summed E-state index contributed by atoms with van der Waals surface area (Å²) in [4.78, 5) is 21.9. The van der Waals surface area contributed by atoms with Gasteiger partial charge in [0.2, 0.25) is 4.96 Å². The van der Waals surface area contributed by atoms with Gasteiger partial charge in [-0.25, -0.2) is 9.97 Å². The molecule has 8 heteroatoms. The van der Waals surface area contributed by atoms with Crippen molar-refractivity contribution in [3.05, 3.63) is 42.7 Å². The van der Waals surface area contributed by atoms with Gasteiger partial charge < -0.3 is 0 Å². The first-order chi connectivity index (χ1) is 9.15. The Morgan fingerprint density at radius 3 is 3.00 bits per heavy atom. The third kappa shape index (κ3) is 2.32. The van der Waals surface area contributed by atoms with Gasteiger partial charge in [-0.3, -0.25) is 4.79 Å². The monoisotopic (exact) mass is 310 g/mol. The molecule has 3 heterocycles. The summed E-state index contributed by atoms with van der Waals surface area (Å²) in [5.41, 5.74) is 1.65. The van der Waals surface area contributed by atoms with Gasteiger partial charge in [0.25, 0.3) is 5.56 Å². The van der Waals surface area contributed by atoms with E-state index >= 15 is 0 Å². The van der Waals surface area contributed by atoms with E-state index in [-0.39, 0.29) is 10.6 Å². The minimum absolute atomic E-state index is 0.0703. The van der Waals surface area contributed by atoms with Gasteiger partial charge in [0.05, 0.1) is 10.7 Å². The van der Waals surface area contributed by atoms with Crippen LogP contribution in [0.15, 0.2) is 16.5 Å². The highest BCUT2D eigenvalue weighted by atomic mass is 35.5. The molecule has 0 unspecified atom stereocenters. The van der Waals surface area contributed by atoms with Crippen molar-refractivity contribution in [2.24, 2.45) is 0 Å². The van der Waals surface area contributed by atoms with E-state index in [1.165, 1.54) is 15.9 Å². The molecule has 0 radical (unpaired) electrons. The lowest BCUT2D eigenvalue weighted by molar-refractivity contribution is 0.897. The molecular formula is C11H7ClN4OS2. The van der Waals surface area contributed by atoms with E-state index in [4.69, 9.17) is 11.6 Å². The van der Waals surface area contributed by atoms with E-state index in [0.29, 0.717) is 10.7 Å². The van der Waals surface area contributed by atoms with Crippen LogP contribution in [-0.4, -0.2) is 19.6 Å². The Kier molecular flexibility index (Phi) is 3.17. The van der Waals surface area contributed by atoms with Crippen molar-refractivity contribution in [3.8, 4) is 0 Å². The van der Waals surface area contributed by atoms with E-state index in [2.05, 4.69) is 15.1 Å². The summed E-state index contributed by atoms with van der Waals surface area (Å²) in [6.07, 6.45) is 5.33. The highest BCUT2D eigenvalue weighted by Gasteiger charge is 2.10. The van der Waals surface area contributed by atoms with Crippen LogP contribution in [0.2, 0.25) is 5.02 Å². The van der Waals surface area contributed by atoms with Gasteiger partial charge in [-0.1, -0.05) is 22.9 Å². The number of rotatable bonds is 2. The number of hydrogen-bond acceptors (Lipinski definition) is 6. The minimum Gasteiger partial charge on any atom is -0.266 e. The molecule has 0 aromatic carbocycles. The lowest BCUT2D eigenvalue weighted by Gasteiger charge is -1.97. The summed E-state index contributed by atoms with van der Waals surface area (Å²) < 4.78 is 1.20. The highest BCUT2D eigenvalue weighted by Crippen LogP contribution is 2.18. The van der Waals surface area contributed by atoms with Crippen LogP contribution < -0.4 is 5.56 Å². The molecule has 0 aliphatic carbocycles. The van der Waals surface area contributed by atoms with Crippen LogP contribution in [0.3, 0.4) is 0 Å². The van der Waals surface area contributed by atoms with Crippen molar-refractivity contribution >= 4 is 51.4 Å². The van der Waals surface area contributed by atoms with Crippen molar-refractivity contribution in [1.29, 1.82) is 0 Å². The lowest BCUT2D eigenvalue weighted by atomic mass is 10.3. The molecule has 5 nitrogen and oxygen atoms in total. The van der Waals surface area contributed by atoms with Crippen molar-refractivity contribution in [1.82, 2.24) is 19.6 Å². The molecule has 0 amide bonds. The second kappa shape index (κ2) is 4.84. The Morgan fingerprint density at radius 2 is 2.26 bits per heavy atom. The normalized spacial score (nSPS) is 11.7. The SMILES string of the molecule is Cc1ncc(C=Cc2nc3scnn3c(=O)c2Cl)s1. The first-order valence-corrected chi connectivity index (χ1v) is 7.35. The summed E-state index contributed by atoms with van der Waals surface area (Å²) in [6, 6.07) is 0. The van der Waals surface area contributed by atoms with E-state index in [1.807, 2.05) is 13.0 Å². The summed E-state index contributed by atoms with van der Waals surface area (Å²) >= 11 is 8.85. The molecule has 0 aliphatic heterocycles. The topological polar surface area (TPSA) is 60.1 Å². The molecule has 0 fully saturated rings. The number of thiazole rings is 1. The fourth-order valence-electron chi connectivity index (χ4n) is 1.51. The lowest BCUT2D eigenvalue weighted by Crippen LogP contribution is -2.16. The second-order valence-electron chi connectivity index (χ2n) is 3.66. The Hall–Kier alpha value is -1.57. The highest BCUT2D eigenvalue weighted by molar-refractivity contribution is 7.14. The summed E-state index contributed by atoms with van der Waals surface area (Å²) in [5, 5.41) is 4.94. The first kappa shape index (κ1) is 12.5. The molecular weight excluding hydrogens is 304 g/mol. The van der Waals surface area contributed by atoms with Gasteiger partial charge >= 0.3 is 0 Å². The Morgan fingerprint density at radius 1 is 1.42 bits per heavy atom. The zero-order chi connectivity index (χ0) is 13.4. The van der Waals surface area contributed by atoms with Gasteiger partial charge in [0, 0.05) is 11.1 Å². The number of aryl methyl sites for hydroxylation is 1. The predicted octanol–water partition coefficient (Wildman–Crippen LogP) is 2.74. The summed E-state index contributed by atoms with van der Waals surface area (Å²) in [6.45, 7) is 1.93. The summed E-state index contributed by atoms with van der Waals surface area (Å²) in [5.74, 6) is 0. The zero-order valence-corrected chi connectivity index (χ0v) is 12.1. The predicted molar refractivity (Wildman–Crippen MR) is 77.9 cm³/mol. The van der Waals surface area contributed by atoms with Crippen LogP contribution >= 0.6 is 34.3 Å². The van der Waals surface area contributed by atoms with Crippen molar-refractivity contribution in [3.63, 3.8) is 0 Å². The van der Waals surface area contributed by atoms with Crippen molar-refractivity contribution < 1.29 is 0 Å². The van der Waals surface area contributed by atoms with Crippen molar-refractivity contribution in [2.45, 2.75) is 6.92 Å². The molecule has 3 rings (SSSR count). The molecule has 3 aromatic heterocycles. The van der Waals surface area contributed by atoms with Crippen LogP contribution in [0.5, 0.6) is 0 Å². The number of hydrogen-bond donors (Lipinski definition) is 0. The maximum Gasteiger partial charge on any atom is 0.294 e. The van der Waals surface area contributed by atoms with E-state index in [9.17, 15) is 4.79 Å². The molecule has 0 N–H and O–H groups in total. The smallest absolute Gasteiger partial charge is 0.266 e. The Labute approximate surface area is 120 Å². The molecule has 3 aromatic rings. The maximum atomic E-state index is 11.9. The van der Waals surface area contributed by atoms with Gasteiger partial charge in [-0.2, -0.15) is 9.61 Å². The van der Waals surface area contributed by atoms with Crippen LogP contribution in [-0.2, 0) is 0 Å². The number of halogens is 1. The van der Waals surface area contributed by atoms with E-state index in [0.717, 1.165) is 9.88 Å². The fourth-order valence-corrected chi connectivity index (χ4v) is 3.00. The fraction of sp³-hybridized carbons (Fsp3) is 0.0909. The second-order valence-corrected chi connectivity index (χ2v) is 6.12. The Balaban J connectivity index is 2.07. The largest absolute Gasteiger partial charge is 0.294 e. The number of aromatic nitrogens is 4. The quantitative estimate of drug-likeness (QED) is 0.730. The maximum absolute atomic E-state index is 11.9. The Bertz CT molecular complexity index is 833. The third-order valence-corrected chi connectivity index (χ3v) is 4.28. The third-order valence-electron chi connectivity index (χ3n) is 2.37. The van der Waals surface area contributed by atoms with Crippen LogP contribution in [0, 0.1) is 6.92 Å². The van der Waals surface area contributed by atoms with Crippen molar-refractivity contribution in [2.75, 3.05) is 0 Å². The number of fused-ring (bicyclic) bond motifs is 1. The van der Waals surface area contributed by atoms with Crippen LogP contribution in [0.4, 0.5) is 0 Å². The first-order valence-electron chi connectivity index (χ1n) is 5.27. The zero-order valence-electron chi connectivity index (χ0n) is 9.70. The van der Waals surface area contributed by atoms with E-state index < -0.39 is 0 Å². The molecule has 19 heavy (non-hydrogen) atoms.